The van der Waals surface area contributed by atoms with Crippen molar-refractivity contribution in [3.8, 4) is 0 Å². The van der Waals surface area contributed by atoms with E-state index in [2.05, 4.69) is 45.3 Å². The van der Waals surface area contributed by atoms with Crippen LogP contribution in [0.1, 0.15) is 62.5 Å². The molecule has 0 aliphatic carbocycles. The number of amides is 2. The summed E-state index contributed by atoms with van der Waals surface area (Å²) in [5.41, 5.74) is 7.66. The minimum absolute atomic E-state index is 0.0662. The zero-order valence-corrected chi connectivity index (χ0v) is 18.7. The maximum absolute atomic E-state index is 11.8. The van der Waals surface area contributed by atoms with Crippen molar-refractivity contribution in [1.82, 2.24) is 10.9 Å². The molecule has 0 saturated heterocycles. The van der Waals surface area contributed by atoms with Crippen molar-refractivity contribution >= 4 is 24.2 Å². The van der Waals surface area contributed by atoms with Gasteiger partial charge in [-0.1, -0.05) is 73.5 Å². The molecule has 0 radical (unpaired) electrons. The monoisotopic (exact) mass is 434 g/mol. The van der Waals surface area contributed by atoms with E-state index < -0.39 is 0 Å². The third-order valence-electron chi connectivity index (χ3n) is 4.93. The van der Waals surface area contributed by atoms with E-state index in [9.17, 15) is 9.59 Å². The van der Waals surface area contributed by atoms with E-state index in [-0.39, 0.29) is 11.8 Å². The predicted octanol–water partition coefficient (Wildman–Crippen LogP) is 4.80. The molecule has 0 atom stereocenters. The molecule has 2 aromatic carbocycles. The van der Waals surface area contributed by atoms with E-state index in [4.69, 9.17) is 0 Å². The summed E-state index contributed by atoms with van der Waals surface area (Å²) in [6, 6.07) is 20.4. The molecule has 0 bridgehead atoms. The fraction of sp³-hybridized carbons (Fsp3) is 0.385. The van der Waals surface area contributed by atoms with Crippen LogP contribution in [0.2, 0.25) is 0 Å². The number of rotatable bonds is 15. The van der Waals surface area contributed by atoms with Crippen LogP contribution in [0, 0.1) is 0 Å². The van der Waals surface area contributed by atoms with E-state index in [0.717, 1.165) is 51.4 Å². The van der Waals surface area contributed by atoms with Gasteiger partial charge in [-0.05, 0) is 49.7 Å². The van der Waals surface area contributed by atoms with E-state index in [1.54, 1.807) is 12.4 Å². The van der Waals surface area contributed by atoms with Crippen molar-refractivity contribution in [3.05, 3.63) is 71.8 Å². The Balaban J connectivity index is 1.39. The minimum atomic E-state index is -0.0662. The van der Waals surface area contributed by atoms with Crippen molar-refractivity contribution < 1.29 is 9.59 Å². The first-order valence-electron chi connectivity index (χ1n) is 11.4. The fourth-order valence-corrected chi connectivity index (χ4v) is 3.15. The molecule has 0 fully saturated rings. The first kappa shape index (κ1) is 25.0. The molecule has 170 valence electrons. The Hall–Kier alpha value is -3.28. The summed E-state index contributed by atoms with van der Waals surface area (Å²) in [7, 11) is 0. The highest BCUT2D eigenvalue weighted by molar-refractivity contribution is 5.77. The Morgan fingerprint density at radius 3 is 1.44 bits per heavy atom. The third kappa shape index (κ3) is 12.4. The zero-order chi connectivity index (χ0) is 22.7. The molecular weight excluding hydrogens is 400 g/mol. The van der Waals surface area contributed by atoms with Crippen molar-refractivity contribution in [3.63, 3.8) is 0 Å². The number of benzene rings is 2. The number of hydrogen-bond donors (Lipinski definition) is 2. The number of aryl methyl sites for hydroxylation is 2. The van der Waals surface area contributed by atoms with Gasteiger partial charge in [0.2, 0.25) is 11.8 Å². The van der Waals surface area contributed by atoms with Crippen LogP contribution in [0.25, 0.3) is 0 Å². The minimum Gasteiger partial charge on any atom is -0.273 e. The van der Waals surface area contributed by atoms with Crippen LogP contribution in [0.4, 0.5) is 0 Å². The van der Waals surface area contributed by atoms with Gasteiger partial charge in [0.05, 0.1) is 0 Å². The predicted molar refractivity (Wildman–Crippen MR) is 130 cm³/mol. The van der Waals surface area contributed by atoms with Gasteiger partial charge in [-0.3, -0.25) is 9.59 Å². The number of nitrogens with zero attached hydrogens (tertiary/aromatic N) is 2. The zero-order valence-electron chi connectivity index (χ0n) is 18.7. The summed E-state index contributed by atoms with van der Waals surface area (Å²) >= 11 is 0. The molecule has 2 amide bonds. The maximum Gasteiger partial charge on any atom is 0.240 e. The quantitative estimate of drug-likeness (QED) is 0.240. The molecule has 0 spiro atoms. The Kier molecular flexibility index (Phi) is 12.8. The summed E-state index contributed by atoms with van der Waals surface area (Å²) in [5.74, 6) is -0.132. The summed E-state index contributed by atoms with van der Waals surface area (Å²) in [6.45, 7) is 0. The molecule has 2 rings (SSSR count). The Morgan fingerprint density at radius 1 is 0.625 bits per heavy atom. The molecule has 0 saturated carbocycles. The van der Waals surface area contributed by atoms with Crippen LogP contribution in [0.5, 0.6) is 0 Å². The van der Waals surface area contributed by atoms with Crippen LogP contribution >= 0.6 is 0 Å². The van der Waals surface area contributed by atoms with Gasteiger partial charge >= 0.3 is 0 Å². The van der Waals surface area contributed by atoms with Gasteiger partial charge in [0.15, 0.2) is 0 Å². The molecule has 2 aromatic rings. The van der Waals surface area contributed by atoms with Gasteiger partial charge in [-0.25, -0.2) is 10.9 Å². The van der Waals surface area contributed by atoms with Crippen LogP contribution < -0.4 is 10.9 Å². The van der Waals surface area contributed by atoms with Crippen LogP contribution in [-0.4, -0.2) is 24.2 Å². The number of hydrogen-bond acceptors (Lipinski definition) is 4. The second-order valence-electron chi connectivity index (χ2n) is 7.66. The Bertz CT molecular complexity index is 764. The average Bonchev–Trinajstić information content (AvgIpc) is 2.82. The molecule has 0 heterocycles. The highest BCUT2D eigenvalue weighted by Gasteiger charge is 2.02. The molecule has 32 heavy (non-hydrogen) atoms. The van der Waals surface area contributed by atoms with Gasteiger partial charge in [0, 0.05) is 25.3 Å². The van der Waals surface area contributed by atoms with Gasteiger partial charge < -0.3 is 0 Å². The maximum atomic E-state index is 11.8. The summed E-state index contributed by atoms with van der Waals surface area (Å²) in [6.07, 6.45) is 11.2. The number of carbonyl (C=O) groups excluding carboxylic acids is 2. The first-order chi connectivity index (χ1) is 15.7. The third-order valence-corrected chi connectivity index (χ3v) is 4.93. The number of carbonyl (C=O) groups is 2. The molecule has 0 aliphatic rings. The standard InChI is InChI=1S/C26H34N4O2/c31-25(29-27-21-11-17-23-13-5-3-6-14-23)19-9-1-2-10-20-26(32)30-28-22-12-18-24-15-7-4-8-16-24/h3-8,13-16,21-22H,1-2,9-12,17-20H2,(H,29,31)(H,30,32). The second-order valence-corrected chi connectivity index (χ2v) is 7.66. The van der Waals surface area contributed by atoms with E-state index in [0.29, 0.717) is 12.8 Å². The van der Waals surface area contributed by atoms with E-state index in [1.807, 2.05) is 36.4 Å². The molecule has 0 aliphatic heterocycles. The van der Waals surface area contributed by atoms with E-state index in [1.165, 1.54) is 11.1 Å². The van der Waals surface area contributed by atoms with Crippen LogP contribution in [-0.2, 0) is 22.4 Å². The largest absolute Gasteiger partial charge is 0.273 e. The van der Waals surface area contributed by atoms with Gasteiger partial charge in [-0.15, -0.1) is 0 Å². The van der Waals surface area contributed by atoms with Gasteiger partial charge in [0.25, 0.3) is 0 Å². The van der Waals surface area contributed by atoms with Crippen molar-refractivity contribution in [2.24, 2.45) is 10.2 Å². The van der Waals surface area contributed by atoms with Gasteiger partial charge in [-0.2, -0.15) is 10.2 Å². The highest BCUT2D eigenvalue weighted by atomic mass is 16.2. The Labute approximate surface area is 191 Å². The lowest BCUT2D eigenvalue weighted by Gasteiger charge is -2.02. The molecule has 0 unspecified atom stereocenters. The highest BCUT2D eigenvalue weighted by Crippen LogP contribution is 2.06. The van der Waals surface area contributed by atoms with Crippen molar-refractivity contribution in [2.45, 2.75) is 64.2 Å². The molecular formula is C26H34N4O2. The van der Waals surface area contributed by atoms with Gasteiger partial charge in [0.1, 0.15) is 0 Å². The Morgan fingerprint density at radius 2 is 1.03 bits per heavy atom. The molecule has 2 N–H and O–H groups in total. The molecule has 6 nitrogen and oxygen atoms in total. The lowest BCUT2D eigenvalue weighted by atomic mass is 10.1. The SMILES string of the molecule is O=C(CCCCCCC(=O)NN=CCCc1ccccc1)NN=CCCc1ccccc1. The number of unbranched alkanes of at least 4 members (excludes halogenated alkanes) is 3. The summed E-state index contributed by atoms with van der Waals surface area (Å²) < 4.78 is 0. The molecule has 6 heteroatoms. The smallest absolute Gasteiger partial charge is 0.240 e. The number of nitrogens with one attached hydrogen (secondary N) is 2. The summed E-state index contributed by atoms with van der Waals surface area (Å²) in [5, 5.41) is 7.99. The lowest BCUT2D eigenvalue weighted by molar-refractivity contribution is -0.122. The first-order valence-corrected chi connectivity index (χ1v) is 11.4. The lowest BCUT2D eigenvalue weighted by Crippen LogP contribution is -2.17. The van der Waals surface area contributed by atoms with Crippen molar-refractivity contribution in [1.29, 1.82) is 0 Å². The van der Waals surface area contributed by atoms with Crippen molar-refractivity contribution in [2.75, 3.05) is 0 Å². The normalized spacial score (nSPS) is 11.1. The molecule has 0 aromatic heterocycles. The van der Waals surface area contributed by atoms with E-state index >= 15 is 0 Å². The average molecular weight is 435 g/mol. The van der Waals surface area contributed by atoms with Crippen LogP contribution in [0.3, 0.4) is 0 Å². The summed E-state index contributed by atoms with van der Waals surface area (Å²) in [4.78, 5) is 23.5. The second kappa shape index (κ2) is 16.4. The fourth-order valence-electron chi connectivity index (χ4n) is 3.15. The number of hydrazone groups is 2. The topological polar surface area (TPSA) is 82.9 Å². The van der Waals surface area contributed by atoms with Crippen LogP contribution in [0.15, 0.2) is 70.9 Å².